The maximum Gasteiger partial charge on any atom is 0.240 e. The van der Waals surface area contributed by atoms with Crippen molar-refractivity contribution in [1.82, 2.24) is 10.0 Å². The van der Waals surface area contributed by atoms with E-state index < -0.39 is 10.0 Å². The van der Waals surface area contributed by atoms with E-state index in [0.717, 1.165) is 24.9 Å². The van der Waals surface area contributed by atoms with E-state index in [0.29, 0.717) is 4.90 Å². The zero-order valence-corrected chi connectivity index (χ0v) is 10.5. The summed E-state index contributed by atoms with van der Waals surface area (Å²) in [6.45, 7) is 0.969. The molecule has 0 aliphatic carbocycles. The van der Waals surface area contributed by atoms with Crippen LogP contribution in [0.3, 0.4) is 0 Å². The van der Waals surface area contributed by atoms with Gasteiger partial charge in [-0.15, -0.1) is 0 Å². The second kappa shape index (κ2) is 5.98. The monoisotopic (exact) mass is 242 g/mol. The number of sulfonamides is 1. The molecule has 0 spiro atoms. The molecule has 0 aromatic heterocycles. The van der Waals surface area contributed by atoms with Gasteiger partial charge in [0.2, 0.25) is 10.0 Å². The molecule has 0 saturated carbocycles. The molecule has 2 N–H and O–H groups in total. The van der Waals surface area contributed by atoms with Gasteiger partial charge < -0.3 is 5.32 Å². The Kier molecular flexibility index (Phi) is 4.92. The second-order valence-electron chi connectivity index (χ2n) is 3.56. The van der Waals surface area contributed by atoms with Gasteiger partial charge in [0, 0.05) is 0 Å². The third-order valence-corrected chi connectivity index (χ3v) is 3.82. The molecule has 1 rings (SSSR count). The van der Waals surface area contributed by atoms with Crippen molar-refractivity contribution in [2.45, 2.75) is 17.7 Å². The van der Waals surface area contributed by atoms with E-state index in [9.17, 15) is 8.42 Å². The molecule has 1 aromatic rings. The van der Waals surface area contributed by atoms with Crippen molar-refractivity contribution >= 4 is 10.0 Å². The molecule has 16 heavy (non-hydrogen) atoms. The van der Waals surface area contributed by atoms with Crippen molar-refractivity contribution in [3.8, 4) is 0 Å². The first kappa shape index (κ1) is 13.2. The molecule has 0 aliphatic heterocycles. The van der Waals surface area contributed by atoms with Crippen molar-refractivity contribution in [2.75, 3.05) is 20.6 Å². The van der Waals surface area contributed by atoms with Crippen LogP contribution in [0.2, 0.25) is 0 Å². The Hall–Kier alpha value is -0.910. The molecule has 0 atom stereocenters. The van der Waals surface area contributed by atoms with Crippen LogP contribution in [0.4, 0.5) is 0 Å². The van der Waals surface area contributed by atoms with E-state index in [1.165, 1.54) is 7.05 Å². The third kappa shape index (κ3) is 3.59. The minimum absolute atomic E-state index is 0.312. The highest BCUT2D eigenvalue weighted by Crippen LogP contribution is 2.11. The highest BCUT2D eigenvalue weighted by Gasteiger charge is 2.09. The fourth-order valence-corrected chi connectivity index (χ4v) is 2.15. The third-order valence-electron chi connectivity index (χ3n) is 2.39. The first-order valence-electron chi connectivity index (χ1n) is 5.27. The lowest BCUT2D eigenvalue weighted by Gasteiger charge is -2.04. The van der Waals surface area contributed by atoms with E-state index in [-0.39, 0.29) is 0 Å². The van der Waals surface area contributed by atoms with Gasteiger partial charge in [0.25, 0.3) is 0 Å². The van der Waals surface area contributed by atoms with Crippen LogP contribution in [0.15, 0.2) is 29.2 Å². The minimum atomic E-state index is -3.30. The maximum absolute atomic E-state index is 11.5. The van der Waals surface area contributed by atoms with Gasteiger partial charge in [0.15, 0.2) is 0 Å². The fourth-order valence-electron chi connectivity index (χ4n) is 1.42. The zero-order valence-electron chi connectivity index (χ0n) is 9.66. The van der Waals surface area contributed by atoms with E-state index in [1.807, 2.05) is 19.2 Å². The van der Waals surface area contributed by atoms with Crippen LogP contribution in [0.1, 0.15) is 12.0 Å². The molecule has 0 saturated heterocycles. The smallest absolute Gasteiger partial charge is 0.240 e. The van der Waals surface area contributed by atoms with Crippen LogP contribution < -0.4 is 10.0 Å². The van der Waals surface area contributed by atoms with Crippen molar-refractivity contribution in [3.63, 3.8) is 0 Å². The Morgan fingerprint density at radius 2 is 1.75 bits per heavy atom. The van der Waals surface area contributed by atoms with E-state index in [4.69, 9.17) is 0 Å². The summed E-state index contributed by atoms with van der Waals surface area (Å²) in [6.07, 6.45) is 2.01. The molecular formula is C11H18N2O2S. The average molecular weight is 242 g/mol. The van der Waals surface area contributed by atoms with Crippen LogP contribution in [-0.2, 0) is 16.4 Å². The molecule has 5 heteroatoms. The van der Waals surface area contributed by atoms with Crippen molar-refractivity contribution in [3.05, 3.63) is 29.8 Å². The molecule has 0 heterocycles. The van der Waals surface area contributed by atoms with Gasteiger partial charge in [-0.2, -0.15) is 0 Å². The van der Waals surface area contributed by atoms with E-state index in [1.54, 1.807) is 12.1 Å². The summed E-state index contributed by atoms with van der Waals surface area (Å²) in [4.78, 5) is 0.312. The Bertz CT molecular complexity index is 412. The molecule has 90 valence electrons. The Morgan fingerprint density at radius 1 is 1.12 bits per heavy atom. The summed E-state index contributed by atoms with van der Waals surface area (Å²) in [6, 6.07) is 7.00. The first-order valence-corrected chi connectivity index (χ1v) is 6.75. The Balaban J connectivity index is 2.68. The fraction of sp³-hybridized carbons (Fsp3) is 0.455. The molecular weight excluding hydrogens is 224 g/mol. The number of rotatable bonds is 6. The maximum atomic E-state index is 11.5. The number of hydrogen-bond acceptors (Lipinski definition) is 3. The lowest BCUT2D eigenvalue weighted by Crippen LogP contribution is -2.18. The van der Waals surface area contributed by atoms with Crippen molar-refractivity contribution in [2.24, 2.45) is 0 Å². The summed E-state index contributed by atoms with van der Waals surface area (Å²) in [7, 11) is 0.0296. The van der Waals surface area contributed by atoms with Crippen LogP contribution >= 0.6 is 0 Å². The normalized spacial score (nSPS) is 11.6. The summed E-state index contributed by atoms with van der Waals surface area (Å²) in [5.41, 5.74) is 1.16. The summed E-state index contributed by atoms with van der Waals surface area (Å²) >= 11 is 0. The average Bonchev–Trinajstić information content (AvgIpc) is 2.30. The predicted octanol–water partition coefficient (Wildman–Crippen LogP) is 0.747. The molecule has 0 bridgehead atoms. The lowest BCUT2D eigenvalue weighted by atomic mass is 10.1. The standard InChI is InChI=1S/C11H18N2O2S/c1-12-9-3-4-10-5-7-11(8-6-10)16(14,15)13-2/h5-8,12-13H,3-4,9H2,1-2H3. The lowest BCUT2D eigenvalue weighted by molar-refractivity contribution is 0.588. The Labute approximate surface area is 97.1 Å². The van der Waals surface area contributed by atoms with Crippen LogP contribution in [0, 0.1) is 0 Å². The van der Waals surface area contributed by atoms with Crippen molar-refractivity contribution in [1.29, 1.82) is 0 Å². The van der Waals surface area contributed by atoms with Gasteiger partial charge in [0.05, 0.1) is 4.90 Å². The topological polar surface area (TPSA) is 58.2 Å². The second-order valence-corrected chi connectivity index (χ2v) is 5.45. The quantitative estimate of drug-likeness (QED) is 0.724. The molecule has 1 aromatic carbocycles. The molecule has 0 amide bonds. The Morgan fingerprint density at radius 3 is 2.25 bits per heavy atom. The predicted molar refractivity (Wildman–Crippen MR) is 64.9 cm³/mol. The van der Waals surface area contributed by atoms with Crippen LogP contribution in [0.5, 0.6) is 0 Å². The number of aryl methyl sites for hydroxylation is 1. The van der Waals surface area contributed by atoms with Gasteiger partial charge in [-0.1, -0.05) is 12.1 Å². The van der Waals surface area contributed by atoms with Crippen LogP contribution in [0.25, 0.3) is 0 Å². The summed E-state index contributed by atoms with van der Waals surface area (Å²) < 4.78 is 25.2. The number of benzene rings is 1. The van der Waals surface area contributed by atoms with Gasteiger partial charge >= 0.3 is 0 Å². The first-order chi connectivity index (χ1) is 7.60. The molecule has 0 unspecified atom stereocenters. The molecule has 0 radical (unpaired) electrons. The zero-order chi connectivity index (χ0) is 12.0. The molecule has 4 nitrogen and oxygen atoms in total. The SMILES string of the molecule is CNCCCc1ccc(S(=O)(=O)NC)cc1. The van der Waals surface area contributed by atoms with Gasteiger partial charge in [0.1, 0.15) is 0 Å². The minimum Gasteiger partial charge on any atom is -0.320 e. The molecule has 0 fully saturated rings. The summed E-state index contributed by atoms with van der Waals surface area (Å²) in [5, 5.41) is 3.08. The van der Waals surface area contributed by atoms with E-state index in [2.05, 4.69) is 10.0 Å². The number of hydrogen-bond donors (Lipinski definition) is 2. The molecule has 0 aliphatic rings. The van der Waals surface area contributed by atoms with Crippen LogP contribution in [-0.4, -0.2) is 29.1 Å². The van der Waals surface area contributed by atoms with Gasteiger partial charge in [-0.3, -0.25) is 0 Å². The highest BCUT2D eigenvalue weighted by atomic mass is 32.2. The number of nitrogens with one attached hydrogen (secondary N) is 2. The largest absolute Gasteiger partial charge is 0.320 e. The van der Waals surface area contributed by atoms with Crippen molar-refractivity contribution < 1.29 is 8.42 Å². The highest BCUT2D eigenvalue weighted by molar-refractivity contribution is 7.89. The summed E-state index contributed by atoms with van der Waals surface area (Å²) in [5.74, 6) is 0. The van der Waals surface area contributed by atoms with Gasteiger partial charge in [-0.25, -0.2) is 13.1 Å². The van der Waals surface area contributed by atoms with E-state index >= 15 is 0 Å². The van der Waals surface area contributed by atoms with Gasteiger partial charge in [-0.05, 0) is 51.2 Å².